The van der Waals surface area contributed by atoms with E-state index in [4.69, 9.17) is 5.73 Å². The summed E-state index contributed by atoms with van der Waals surface area (Å²) >= 11 is 0. The van der Waals surface area contributed by atoms with E-state index >= 15 is 0 Å². The van der Waals surface area contributed by atoms with Crippen molar-refractivity contribution in [1.29, 1.82) is 0 Å². The standard InChI is InChI=1S/C17H26N4O2/c1-12-5-4-6-13(2)16(12)19-15(22)11-20-7-9-21(10-8-20)17(23)14(3)18/h4-6,14H,7-11,18H2,1-3H3,(H,19,22)/t14-/m1/s1. The molecule has 1 heterocycles. The van der Waals surface area contributed by atoms with Crippen LogP contribution in [0, 0.1) is 13.8 Å². The number of aryl methyl sites for hydroxylation is 2. The van der Waals surface area contributed by atoms with E-state index in [1.54, 1.807) is 11.8 Å². The third-order valence-electron chi connectivity index (χ3n) is 4.19. The molecule has 6 nitrogen and oxygen atoms in total. The first kappa shape index (κ1) is 17.4. The SMILES string of the molecule is Cc1cccc(C)c1NC(=O)CN1CCN(C(=O)[C@@H](C)N)CC1. The lowest BCUT2D eigenvalue weighted by Crippen LogP contribution is -2.53. The number of amides is 2. The first-order chi connectivity index (χ1) is 10.9. The zero-order valence-electron chi connectivity index (χ0n) is 14.1. The van der Waals surface area contributed by atoms with Gasteiger partial charge in [0.05, 0.1) is 12.6 Å². The molecule has 1 atom stereocenters. The number of anilines is 1. The molecule has 0 spiro atoms. The Bertz CT molecular complexity index is 558. The van der Waals surface area contributed by atoms with Crippen LogP contribution in [0.15, 0.2) is 18.2 Å². The Morgan fingerprint density at radius 2 is 1.74 bits per heavy atom. The van der Waals surface area contributed by atoms with E-state index in [-0.39, 0.29) is 11.8 Å². The topological polar surface area (TPSA) is 78.7 Å². The molecular formula is C17H26N4O2. The number of piperazine rings is 1. The van der Waals surface area contributed by atoms with Crippen LogP contribution >= 0.6 is 0 Å². The highest BCUT2D eigenvalue weighted by Crippen LogP contribution is 2.19. The van der Waals surface area contributed by atoms with E-state index in [1.807, 2.05) is 32.0 Å². The number of nitrogens with one attached hydrogen (secondary N) is 1. The minimum Gasteiger partial charge on any atom is -0.339 e. The second kappa shape index (κ2) is 7.57. The number of carbonyl (C=O) groups is 2. The van der Waals surface area contributed by atoms with Crippen molar-refractivity contribution in [1.82, 2.24) is 9.80 Å². The van der Waals surface area contributed by atoms with Crippen molar-refractivity contribution in [2.24, 2.45) is 5.73 Å². The number of benzene rings is 1. The normalized spacial score (nSPS) is 17.0. The summed E-state index contributed by atoms with van der Waals surface area (Å²) in [7, 11) is 0. The summed E-state index contributed by atoms with van der Waals surface area (Å²) in [4.78, 5) is 27.9. The summed E-state index contributed by atoms with van der Waals surface area (Å²) < 4.78 is 0. The number of rotatable bonds is 4. The van der Waals surface area contributed by atoms with Crippen molar-refractivity contribution in [3.8, 4) is 0 Å². The van der Waals surface area contributed by atoms with E-state index in [0.29, 0.717) is 32.7 Å². The van der Waals surface area contributed by atoms with Gasteiger partial charge in [-0.1, -0.05) is 18.2 Å². The molecule has 2 rings (SSSR count). The molecule has 3 N–H and O–H groups in total. The van der Waals surface area contributed by atoms with Gasteiger partial charge in [0, 0.05) is 31.9 Å². The predicted molar refractivity (Wildman–Crippen MR) is 91.2 cm³/mol. The van der Waals surface area contributed by atoms with Gasteiger partial charge >= 0.3 is 0 Å². The van der Waals surface area contributed by atoms with Gasteiger partial charge in [0.1, 0.15) is 0 Å². The molecule has 1 saturated heterocycles. The maximum absolute atomic E-state index is 12.3. The smallest absolute Gasteiger partial charge is 0.239 e. The Morgan fingerprint density at radius 1 is 1.17 bits per heavy atom. The van der Waals surface area contributed by atoms with Gasteiger partial charge in [0.25, 0.3) is 0 Å². The molecule has 1 fully saturated rings. The van der Waals surface area contributed by atoms with Gasteiger partial charge in [-0.05, 0) is 31.9 Å². The van der Waals surface area contributed by atoms with Crippen molar-refractivity contribution in [3.05, 3.63) is 29.3 Å². The number of para-hydroxylation sites is 1. The number of nitrogens with two attached hydrogens (primary N) is 1. The number of nitrogens with zero attached hydrogens (tertiary/aromatic N) is 2. The summed E-state index contributed by atoms with van der Waals surface area (Å²) in [6.07, 6.45) is 0. The molecule has 126 valence electrons. The zero-order chi connectivity index (χ0) is 17.0. The zero-order valence-corrected chi connectivity index (χ0v) is 14.1. The second-order valence-corrected chi connectivity index (χ2v) is 6.21. The minimum absolute atomic E-state index is 0.0191. The first-order valence-electron chi connectivity index (χ1n) is 8.01. The van der Waals surface area contributed by atoms with E-state index in [2.05, 4.69) is 10.2 Å². The van der Waals surface area contributed by atoms with Crippen LogP contribution in [0.4, 0.5) is 5.69 Å². The van der Waals surface area contributed by atoms with Gasteiger partial charge < -0.3 is 16.0 Å². The maximum atomic E-state index is 12.3. The van der Waals surface area contributed by atoms with Crippen molar-refractivity contribution in [2.75, 3.05) is 38.0 Å². The highest BCUT2D eigenvalue weighted by atomic mass is 16.2. The van der Waals surface area contributed by atoms with E-state index < -0.39 is 6.04 Å². The fraction of sp³-hybridized carbons (Fsp3) is 0.529. The number of hydrogen-bond donors (Lipinski definition) is 2. The van der Waals surface area contributed by atoms with Gasteiger partial charge in [-0.2, -0.15) is 0 Å². The predicted octanol–water partition coefficient (Wildman–Crippen LogP) is 0.733. The molecule has 0 aliphatic carbocycles. The van der Waals surface area contributed by atoms with Crippen LogP contribution in [0.5, 0.6) is 0 Å². The van der Waals surface area contributed by atoms with Crippen LogP contribution in [-0.2, 0) is 9.59 Å². The molecule has 0 radical (unpaired) electrons. The molecule has 0 aromatic heterocycles. The van der Waals surface area contributed by atoms with Gasteiger partial charge in [0.2, 0.25) is 11.8 Å². The van der Waals surface area contributed by atoms with Crippen LogP contribution < -0.4 is 11.1 Å². The largest absolute Gasteiger partial charge is 0.339 e. The van der Waals surface area contributed by atoms with E-state index in [1.165, 1.54) is 0 Å². The fourth-order valence-corrected chi connectivity index (χ4v) is 2.81. The average Bonchev–Trinajstić information content (AvgIpc) is 2.51. The van der Waals surface area contributed by atoms with Gasteiger partial charge in [-0.15, -0.1) is 0 Å². The Balaban J connectivity index is 1.85. The molecule has 6 heteroatoms. The van der Waals surface area contributed by atoms with Crippen molar-refractivity contribution >= 4 is 17.5 Å². The number of hydrogen-bond acceptors (Lipinski definition) is 4. The second-order valence-electron chi connectivity index (χ2n) is 6.21. The molecule has 1 aromatic rings. The third-order valence-corrected chi connectivity index (χ3v) is 4.19. The molecule has 0 bridgehead atoms. The highest BCUT2D eigenvalue weighted by molar-refractivity contribution is 5.93. The van der Waals surface area contributed by atoms with Gasteiger partial charge in [-0.25, -0.2) is 0 Å². The summed E-state index contributed by atoms with van der Waals surface area (Å²) in [5.74, 6) is -0.0426. The Kier molecular flexibility index (Phi) is 5.74. The average molecular weight is 318 g/mol. The van der Waals surface area contributed by atoms with Crippen LogP contribution in [0.2, 0.25) is 0 Å². The third kappa shape index (κ3) is 4.53. The van der Waals surface area contributed by atoms with Crippen molar-refractivity contribution < 1.29 is 9.59 Å². The fourth-order valence-electron chi connectivity index (χ4n) is 2.81. The highest BCUT2D eigenvalue weighted by Gasteiger charge is 2.24. The Hall–Kier alpha value is -1.92. The molecule has 1 aliphatic heterocycles. The van der Waals surface area contributed by atoms with E-state index in [0.717, 1.165) is 16.8 Å². The van der Waals surface area contributed by atoms with Crippen LogP contribution in [-0.4, -0.2) is 60.4 Å². The van der Waals surface area contributed by atoms with Crippen molar-refractivity contribution in [3.63, 3.8) is 0 Å². The van der Waals surface area contributed by atoms with Gasteiger partial charge in [-0.3, -0.25) is 14.5 Å². The Labute approximate surface area is 137 Å². The Morgan fingerprint density at radius 3 is 2.26 bits per heavy atom. The van der Waals surface area contributed by atoms with Crippen LogP contribution in [0.25, 0.3) is 0 Å². The summed E-state index contributed by atoms with van der Waals surface area (Å²) in [6, 6.07) is 5.49. The molecular weight excluding hydrogens is 292 g/mol. The lowest BCUT2D eigenvalue weighted by atomic mass is 10.1. The van der Waals surface area contributed by atoms with Crippen LogP contribution in [0.1, 0.15) is 18.1 Å². The maximum Gasteiger partial charge on any atom is 0.239 e. The monoisotopic (exact) mass is 318 g/mol. The molecule has 23 heavy (non-hydrogen) atoms. The lowest BCUT2D eigenvalue weighted by Gasteiger charge is -2.35. The first-order valence-corrected chi connectivity index (χ1v) is 8.01. The summed E-state index contributed by atoms with van der Waals surface area (Å²) in [6.45, 7) is 8.65. The van der Waals surface area contributed by atoms with Crippen molar-refractivity contribution in [2.45, 2.75) is 26.8 Å². The quantitative estimate of drug-likeness (QED) is 0.858. The van der Waals surface area contributed by atoms with E-state index in [9.17, 15) is 9.59 Å². The lowest BCUT2D eigenvalue weighted by molar-refractivity contribution is -0.134. The molecule has 2 amide bonds. The molecule has 1 aromatic carbocycles. The molecule has 0 unspecified atom stereocenters. The summed E-state index contributed by atoms with van der Waals surface area (Å²) in [5.41, 5.74) is 8.64. The van der Waals surface area contributed by atoms with Crippen LogP contribution in [0.3, 0.4) is 0 Å². The molecule has 0 saturated carbocycles. The number of carbonyl (C=O) groups excluding carboxylic acids is 2. The summed E-state index contributed by atoms with van der Waals surface area (Å²) in [5, 5.41) is 3.00. The molecule has 1 aliphatic rings. The minimum atomic E-state index is -0.464. The van der Waals surface area contributed by atoms with Gasteiger partial charge in [0.15, 0.2) is 0 Å².